The van der Waals surface area contributed by atoms with E-state index in [1.807, 2.05) is 30.3 Å². The molecule has 1 fully saturated rings. The van der Waals surface area contributed by atoms with Crippen molar-refractivity contribution in [3.63, 3.8) is 0 Å². The van der Waals surface area contributed by atoms with Crippen molar-refractivity contribution in [1.29, 1.82) is 0 Å². The van der Waals surface area contributed by atoms with Crippen LogP contribution in [0.4, 0.5) is 0 Å². The van der Waals surface area contributed by atoms with Crippen LogP contribution in [0.1, 0.15) is 33.7 Å². The van der Waals surface area contributed by atoms with Gasteiger partial charge in [0.15, 0.2) is 0 Å². The van der Waals surface area contributed by atoms with Gasteiger partial charge in [0, 0.05) is 48.5 Å². The number of fused-ring (bicyclic) bond motifs is 1. The molecule has 1 saturated heterocycles. The number of thiophene rings is 1. The summed E-state index contributed by atoms with van der Waals surface area (Å²) in [4.78, 5) is 38.1. The minimum Gasteiger partial charge on any atom is -0.379 e. The summed E-state index contributed by atoms with van der Waals surface area (Å²) in [6.07, 6.45) is 4.73. The number of imidazole rings is 1. The summed E-state index contributed by atoms with van der Waals surface area (Å²) in [5.74, 6) is 0.630. The Kier molecular flexibility index (Phi) is 7.61. The number of tetrazole rings is 1. The fraction of sp³-hybridized carbons (Fsp3) is 0.310. The summed E-state index contributed by atoms with van der Waals surface area (Å²) in [6, 6.07) is 12.6. The van der Waals surface area contributed by atoms with Crippen LogP contribution in [0.25, 0.3) is 27.4 Å². The molecule has 43 heavy (non-hydrogen) atoms. The van der Waals surface area contributed by atoms with Crippen LogP contribution in [0, 0.1) is 0 Å². The largest absolute Gasteiger partial charge is 0.379 e. The Morgan fingerprint density at radius 2 is 2.05 bits per heavy atom. The van der Waals surface area contributed by atoms with Crippen molar-refractivity contribution >= 4 is 28.8 Å². The second-order valence-corrected chi connectivity index (χ2v) is 12.0. The minimum absolute atomic E-state index is 0.0840. The van der Waals surface area contributed by atoms with Gasteiger partial charge in [-0.25, -0.2) is 4.98 Å². The van der Waals surface area contributed by atoms with Crippen LogP contribution >= 0.6 is 22.9 Å². The number of hydrogen-bond donors (Lipinski definition) is 2. The minimum atomic E-state index is -0.216. The second kappa shape index (κ2) is 11.8. The summed E-state index contributed by atoms with van der Waals surface area (Å²) >= 11 is 7.74. The Balaban J connectivity index is 1.08. The third-order valence-electron chi connectivity index (χ3n) is 7.82. The van der Waals surface area contributed by atoms with E-state index in [0.717, 1.165) is 78.8 Å². The SMILES string of the molecule is O=C(NCCN1CCOCC1)c1ccc(-c2cnc([C@@H]3CCc4cc(-c5cc(Cl)ccc5-n5cnnn5)cc(=O)n43)[nH]2)s1. The number of aromatic amines is 1. The van der Waals surface area contributed by atoms with E-state index in [9.17, 15) is 9.59 Å². The highest BCUT2D eigenvalue weighted by atomic mass is 35.5. The van der Waals surface area contributed by atoms with Crippen LogP contribution in [0.2, 0.25) is 5.02 Å². The van der Waals surface area contributed by atoms with E-state index < -0.39 is 0 Å². The first-order valence-corrected chi connectivity index (χ1v) is 15.2. The maximum absolute atomic E-state index is 13.5. The molecule has 14 heteroatoms. The third-order valence-corrected chi connectivity index (χ3v) is 9.18. The average Bonchev–Trinajstić information content (AvgIpc) is 3.84. The lowest BCUT2D eigenvalue weighted by Gasteiger charge is -2.26. The zero-order valence-corrected chi connectivity index (χ0v) is 24.6. The molecule has 0 spiro atoms. The van der Waals surface area contributed by atoms with Crippen molar-refractivity contribution < 1.29 is 9.53 Å². The molecule has 6 heterocycles. The summed E-state index contributed by atoms with van der Waals surface area (Å²) in [7, 11) is 0. The molecule has 4 aromatic heterocycles. The van der Waals surface area contributed by atoms with Crippen LogP contribution in [-0.4, -0.2) is 84.9 Å². The number of nitrogens with one attached hydrogen (secondary N) is 2. The number of aromatic nitrogens is 7. The molecule has 1 atom stereocenters. The molecule has 220 valence electrons. The standard InChI is InChI=1S/C29H28ClN9O3S/c30-19-1-3-23(38-17-33-35-36-38)21(15-19)18-13-20-2-4-24(39(20)27(40)14-18)28-32-16-22(34-28)25-5-6-26(43-25)29(41)31-7-8-37-9-11-42-12-10-37/h1,3,5-6,13-17,24H,2,4,7-12H2,(H,31,41)(H,32,34)/t24-/m0/s1. The van der Waals surface area contributed by atoms with Gasteiger partial charge >= 0.3 is 0 Å². The van der Waals surface area contributed by atoms with Crippen LogP contribution in [0.3, 0.4) is 0 Å². The van der Waals surface area contributed by atoms with Crippen LogP contribution in [-0.2, 0) is 11.2 Å². The maximum Gasteiger partial charge on any atom is 0.261 e. The van der Waals surface area contributed by atoms with Gasteiger partial charge in [0.2, 0.25) is 0 Å². The van der Waals surface area contributed by atoms with Crippen LogP contribution < -0.4 is 10.9 Å². The van der Waals surface area contributed by atoms with Crippen LogP contribution in [0.15, 0.2) is 59.8 Å². The summed E-state index contributed by atoms with van der Waals surface area (Å²) in [6.45, 7) is 4.66. The van der Waals surface area contributed by atoms with Crippen molar-refractivity contribution in [2.24, 2.45) is 0 Å². The molecule has 5 aromatic rings. The van der Waals surface area contributed by atoms with Crippen molar-refractivity contribution in [3.8, 4) is 27.4 Å². The van der Waals surface area contributed by atoms with E-state index in [1.165, 1.54) is 17.7 Å². The summed E-state index contributed by atoms with van der Waals surface area (Å²) in [5, 5.41) is 15.0. The molecule has 1 amide bonds. The molecule has 0 radical (unpaired) electrons. The van der Waals surface area contributed by atoms with Crippen molar-refractivity contribution in [1.82, 2.24) is 45.0 Å². The number of pyridine rings is 1. The molecule has 2 aliphatic heterocycles. The molecule has 0 aliphatic carbocycles. The lowest BCUT2D eigenvalue weighted by Crippen LogP contribution is -2.41. The molecule has 0 unspecified atom stereocenters. The van der Waals surface area contributed by atoms with Crippen molar-refractivity contribution in [2.45, 2.75) is 18.9 Å². The molecular weight excluding hydrogens is 590 g/mol. The quantitative estimate of drug-likeness (QED) is 0.271. The number of aryl methyl sites for hydroxylation is 1. The molecule has 12 nitrogen and oxygen atoms in total. The lowest BCUT2D eigenvalue weighted by molar-refractivity contribution is 0.0383. The first-order valence-electron chi connectivity index (χ1n) is 14.1. The number of ether oxygens (including phenoxy) is 1. The third kappa shape index (κ3) is 5.64. The van der Waals surface area contributed by atoms with Gasteiger partial charge in [0.25, 0.3) is 11.5 Å². The van der Waals surface area contributed by atoms with Gasteiger partial charge in [-0.05, 0) is 65.2 Å². The number of hydrogen-bond acceptors (Lipinski definition) is 9. The number of carbonyl (C=O) groups is 1. The van der Waals surface area contributed by atoms with E-state index >= 15 is 0 Å². The summed E-state index contributed by atoms with van der Waals surface area (Å²) < 4.78 is 8.73. The van der Waals surface area contributed by atoms with Crippen molar-refractivity contribution in [3.05, 3.63) is 86.8 Å². The van der Waals surface area contributed by atoms with E-state index in [0.29, 0.717) is 22.3 Å². The molecule has 1 aromatic carbocycles. The highest BCUT2D eigenvalue weighted by Crippen LogP contribution is 2.35. The molecule has 0 saturated carbocycles. The number of morpholine rings is 1. The van der Waals surface area contributed by atoms with E-state index in [4.69, 9.17) is 16.3 Å². The van der Waals surface area contributed by atoms with Gasteiger partial charge in [-0.3, -0.25) is 14.5 Å². The Bertz CT molecular complexity index is 1820. The van der Waals surface area contributed by atoms with Crippen LogP contribution in [0.5, 0.6) is 0 Å². The monoisotopic (exact) mass is 617 g/mol. The Morgan fingerprint density at radius 3 is 2.88 bits per heavy atom. The molecule has 2 aliphatic rings. The molecule has 2 N–H and O–H groups in total. The normalized spacial score (nSPS) is 16.8. The number of nitrogens with zero attached hydrogens (tertiary/aromatic N) is 7. The van der Waals surface area contributed by atoms with Gasteiger partial charge in [-0.1, -0.05) is 11.6 Å². The van der Waals surface area contributed by atoms with Gasteiger partial charge in [-0.2, -0.15) is 4.68 Å². The number of halogens is 1. The molecule has 7 rings (SSSR count). The Hall–Kier alpha value is -4.17. The van der Waals surface area contributed by atoms with E-state index in [2.05, 4.69) is 35.7 Å². The van der Waals surface area contributed by atoms with Crippen molar-refractivity contribution in [2.75, 3.05) is 39.4 Å². The van der Waals surface area contributed by atoms with Gasteiger partial charge in [0.05, 0.1) is 46.6 Å². The average molecular weight is 618 g/mol. The predicted octanol–water partition coefficient (Wildman–Crippen LogP) is 3.19. The lowest BCUT2D eigenvalue weighted by atomic mass is 10.0. The number of carbonyl (C=O) groups excluding carboxylic acids is 1. The first-order chi connectivity index (χ1) is 21.0. The molecular formula is C29H28ClN9O3S. The second-order valence-electron chi connectivity index (χ2n) is 10.5. The fourth-order valence-electron chi connectivity index (χ4n) is 5.70. The van der Waals surface area contributed by atoms with E-state index in [1.54, 1.807) is 27.6 Å². The van der Waals surface area contributed by atoms with Gasteiger partial charge in [0.1, 0.15) is 12.2 Å². The Morgan fingerprint density at radius 1 is 1.16 bits per heavy atom. The number of amides is 1. The predicted molar refractivity (Wildman–Crippen MR) is 162 cm³/mol. The van der Waals surface area contributed by atoms with E-state index in [-0.39, 0.29) is 17.5 Å². The Labute approximate surface area is 255 Å². The number of benzene rings is 1. The zero-order chi connectivity index (χ0) is 29.3. The first kappa shape index (κ1) is 27.7. The smallest absolute Gasteiger partial charge is 0.261 e. The fourth-order valence-corrected chi connectivity index (χ4v) is 6.76. The summed E-state index contributed by atoms with van der Waals surface area (Å²) in [5.41, 5.74) is 3.85. The van der Waals surface area contributed by atoms with Gasteiger partial charge < -0.3 is 19.6 Å². The highest BCUT2D eigenvalue weighted by molar-refractivity contribution is 7.17. The highest BCUT2D eigenvalue weighted by Gasteiger charge is 2.28. The van der Waals surface area contributed by atoms with Gasteiger partial charge in [-0.15, -0.1) is 16.4 Å². The maximum atomic E-state index is 13.5. The number of H-pyrrole nitrogens is 1. The molecule has 0 bridgehead atoms. The topological polar surface area (TPSA) is 136 Å². The zero-order valence-electron chi connectivity index (χ0n) is 23.1. The number of rotatable bonds is 8.